The summed E-state index contributed by atoms with van der Waals surface area (Å²) in [4.78, 5) is 29.3. The van der Waals surface area contributed by atoms with Crippen LogP contribution in [-0.2, 0) is 22.6 Å². The zero-order valence-electron chi connectivity index (χ0n) is 22.6. The molecule has 39 heavy (non-hydrogen) atoms. The molecule has 0 spiro atoms. The van der Waals surface area contributed by atoms with E-state index in [0.29, 0.717) is 23.7 Å². The molecule has 1 aliphatic carbocycles. The van der Waals surface area contributed by atoms with E-state index in [1.807, 2.05) is 80.6 Å². The Hall–Kier alpha value is -2.83. The molecule has 1 aliphatic rings. The van der Waals surface area contributed by atoms with Gasteiger partial charge in [0, 0.05) is 28.5 Å². The minimum atomic E-state index is -0.678. The Balaban J connectivity index is 1.61. The number of rotatable bonds is 10. The molecule has 1 atom stereocenters. The number of nitrogens with zero attached hydrogens (tertiary/aromatic N) is 1. The van der Waals surface area contributed by atoms with Gasteiger partial charge in [0.1, 0.15) is 11.8 Å². The number of hydrogen-bond donors (Lipinski definition) is 1. The Morgan fingerprint density at radius 1 is 0.974 bits per heavy atom. The molecule has 206 valence electrons. The van der Waals surface area contributed by atoms with Crippen LogP contribution in [0, 0.1) is 13.8 Å². The molecule has 3 aromatic carbocycles. The van der Waals surface area contributed by atoms with Gasteiger partial charge < -0.3 is 15.0 Å². The summed E-state index contributed by atoms with van der Waals surface area (Å²) in [6, 6.07) is 20.8. The van der Waals surface area contributed by atoms with Crippen LogP contribution in [0.5, 0.6) is 5.75 Å². The predicted molar refractivity (Wildman–Crippen MR) is 160 cm³/mol. The second-order valence-electron chi connectivity index (χ2n) is 10.4. The molecule has 0 aliphatic heterocycles. The van der Waals surface area contributed by atoms with E-state index in [-0.39, 0.29) is 24.5 Å². The van der Waals surface area contributed by atoms with Crippen molar-refractivity contribution in [3.63, 3.8) is 0 Å². The average Bonchev–Trinajstić information content (AvgIpc) is 2.94. The molecule has 0 radical (unpaired) electrons. The van der Waals surface area contributed by atoms with Gasteiger partial charge in [0.2, 0.25) is 5.91 Å². The first kappa shape index (κ1) is 29.2. The van der Waals surface area contributed by atoms with Crippen LogP contribution in [0.3, 0.4) is 0 Å². The van der Waals surface area contributed by atoms with Crippen LogP contribution in [0.4, 0.5) is 0 Å². The van der Waals surface area contributed by atoms with Gasteiger partial charge in [-0.1, -0.05) is 89.3 Å². The largest absolute Gasteiger partial charge is 0.484 e. The second-order valence-corrected chi connectivity index (χ2v) is 11.7. The van der Waals surface area contributed by atoms with Gasteiger partial charge in [-0.05, 0) is 73.2 Å². The van der Waals surface area contributed by atoms with Crippen molar-refractivity contribution >= 4 is 39.3 Å². The maximum atomic E-state index is 13.8. The van der Waals surface area contributed by atoms with Crippen LogP contribution >= 0.6 is 27.5 Å². The number of carbonyl (C=O) groups excluding carboxylic acids is 2. The standard InChI is InChI=1S/C32H36BrClN2O3/c1-22-17-28(18-23(2)31(22)34)39-21-30(37)36(20-25-13-15-26(33)16-14-25)29(19-24-9-5-3-6-10-24)32(38)35-27-11-7-4-8-12-27/h3,5-6,9-10,13-18,27,29H,4,7-8,11-12,19-21H2,1-2H3,(H,35,38)/t29-/m1/s1. The first-order chi connectivity index (χ1) is 18.8. The Kier molecular flexibility index (Phi) is 10.5. The minimum Gasteiger partial charge on any atom is -0.484 e. The van der Waals surface area contributed by atoms with Gasteiger partial charge in [-0.25, -0.2) is 0 Å². The van der Waals surface area contributed by atoms with Crippen molar-refractivity contribution in [2.75, 3.05) is 6.61 Å². The molecular formula is C32H36BrClN2O3. The monoisotopic (exact) mass is 610 g/mol. The van der Waals surface area contributed by atoms with E-state index in [2.05, 4.69) is 21.2 Å². The lowest BCUT2D eigenvalue weighted by Crippen LogP contribution is -2.53. The van der Waals surface area contributed by atoms with Gasteiger partial charge >= 0.3 is 0 Å². The highest BCUT2D eigenvalue weighted by Gasteiger charge is 2.32. The first-order valence-corrected chi connectivity index (χ1v) is 14.7. The van der Waals surface area contributed by atoms with Crippen molar-refractivity contribution in [2.45, 2.75) is 71.0 Å². The summed E-state index contributed by atoms with van der Waals surface area (Å²) in [5, 5.41) is 3.96. The molecule has 0 aromatic heterocycles. The Morgan fingerprint density at radius 2 is 1.62 bits per heavy atom. The Bertz CT molecular complexity index is 1240. The van der Waals surface area contributed by atoms with Crippen molar-refractivity contribution in [3.8, 4) is 5.75 Å². The normalized spacial score (nSPS) is 14.5. The molecule has 1 fully saturated rings. The van der Waals surface area contributed by atoms with E-state index in [9.17, 15) is 9.59 Å². The molecular weight excluding hydrogens is 576 g/mol. The SMILES string of the molecule is Cc1cc(OCC(=O)N(Cc2ccc(Br)cc2)[C@H](Cc2ccccc2)C(=O)NC2CCCCC2)cc(C)c1Cl. The molecule has 0 unspecified atom stereocenters. The average molecular weight is 612 g/mol. The number of amides is 2. The van der Waals surface area contributed by atoms with Crippen LogP contribution in [0.2, 0.25) is 5.02 Å². The fraction of sp³-hybridized carbons (Fsp3) is 0.375. The van der Waals surface area contributed by atoms with Crippen LogP contribution in [0.1, 0.15) is 54.4 Å². The maximum Gasteiger partial charge on any atom is 0.261 e. The highest BCUT2D eigenvalue weighted by molar-refractivity contribution is 9.10. The van der Waals surface area contributed by atoms with E-state index in [1.54, 1.807) is 4.90 Å². The highest BCUT2D eigenvalue weighted by Crippen LogP contribution is 2.26. The van der Waals surface area contributed by atoms with Crippen LogP contribution in [0.15, 0.2) is 71.2 Å². The summed E-state index contributed by atoms with van der Waals surface area (Å²) in [5.74, 6) is 0.218. The zero-order valence-corrected chi connectivity index (χ0v) is 24.9. The third-order valence-corrected chi connectivity index (χ3v) is 8.39. The van der Waals surface area contributed by atoms with E-state index < -0.39 is 6.04 Å². The van der Waals surface area contributed by atoms with Gasteiger partial charge in [-0.2, -0.15) is 0 Å². The summed E-state index contributed by atoms with van der Waals surface area (Å²) in [7, 11) is 0. The fourth-order valence-corrected chi connectivity index (χ4v) is 5.48. The van der Waals surface area contributed by atoms with E-state index in [4.69, 9.17) is 16.3 Å². The molecule has 4 rings (SSSR count). The Morgan fingerprint density at radius 3 is 2.26 bits per heavy atom. The van der Waals surface area contributed by atoms with Crippen molar-refractivity contribution in [3.05, 3.63) is 98.5 Å². The summed E-state index contributed by atoms with van der Waals surface area (Å²) in [6.45, 7) is 3.94. The number of hydrogen-bond acceptors (Lipinski definition) is 3. The molecule has 0 heterocycles. The lowest BCUT2D eigenvalue weighted by atomic mass is 9.94. The number of halogens is 2. The summed E-state index contributed by atoms with van der Waals surface area (Å²) >= 11 is 9.80. The molecule has 2 amide bonds. The molecule has 0 bridgehead atoms. The lowest BCUT2D eigenvalue weighted by Gasteiger charge is -2.33. The highest BCUT2D eigenvalue weighted by atomic mass is 79.9. The molecule has 1 N–H and O–H groups in total. The third-order valence-electron chi connectivity index (χ3n) is 7.26. The zero-order chi connectivity index (χ0) is 27.8. The molecule has 7 heteroatoms. The maximum absolute atomic E-state index is 13.8. The molecule has 1 saturated carbocycles. The first-order valence-electron chi connectivity index (χ1n) is 13.6. The van der Waals surface area contributed by atoms with E-state index in [1.165, 1.54) is 6.42 Å². The number of ether oxygens (including phenoxy) is 1. The summed E-state index contributed by atoms with van der Waals surface area (Å²) < 4.78 is 6.92. The molecule has 0 saturated heterocycles. The van der Waals surface area contributed by atoms with Crippen LogP contribution in [0.25, 0.3) is 0 Å². The predicted octanol–water partition coefficient (Wildman–Crippen LogP) is 7.19. The van der Waals surface area contributed by atoms with Gasteiger partial charge in [-0.3, -0.25) is 9.59 Å². The van der Waals surface area contributed by atoms with Crippen molar-refractivity contribution in [1.29, 1.82) is 0 Å². The number of nitrogens with one attached hydrogen (secondary N) is 1. The lowest BCUT2D eigenvalue weighted by molar-refractivity contribution is -0.143. The molecule has 3 aromatic rings. The van der Waals surface area contributed by atoms with Crippen LogP contribution < -0.4 is 10.1 Å². The number of aryl methyl sites for hydroxylation is 2. The quantitative estimate of drug-likeness (QED) is 0.264. The number of benzene rings is 3. The van der Waals surface area contributed by atoms with Gasteiger partial charge in [0.25, 0.3) is 5.91 Å². The minimum absolute atomic E-state index is 0.116. The van der Waals surface area contributed by atoms with Crippen LogP contribution in [-0.4, -0.2) is 35.4 Å². The van der Waals surface area contributed by atoms with E-state index >= 15 is 0 Å². The summed E-state index contributed by atoms with van der Waals surface area (Å²) in [6.07, 6.45) is 5.80. The fourth-order valence-electron chi connectivity index (χ4n) is 5.10. The molecule has 5 nitrogen and oxygen atoms in total. The van der Waals surface area contributed by atoms with Crippen molar-refractivity contribution < 1.29 is 14.3 Å². The Labute approximate surface area is 245 Å². The van der Waals surface area contributed by atoms with E-state index in [0.717, 1.165) is 52.4 Å². The van der Waals surface area contributed by atoms with Gasteiger partial charge in [-0.15, -0.1) is 0 Å². The van der Waals surface area contributed by atoms with Crippen molar-refractivity contribution in [1.82, 2.24) is 10.2 Å². The smallest absolute Gasteiger partial charge is 0.261 e. The van der Waals surface area contributed by atoms with Crippen molar-refractivity contribution in [2.24, 2.45) is 0 Å². The van der Waals surface area contributed by atoms with Gasteiger partial charge in [0.15, 0.2) is 6.61 Å². The third kappa shape index (κ3) is 8.33. The second kappa shape index (κ2) is 14.0. The summed E-state index contributed by atoms with van der Waals surface area (Å²) in [5.41, 5.74) is 3.72. The van der Waals surface area contributed by atoms with Gasteiger partial charge in [0.05, 0.1) is 0 Å². The topological polar surface area (TPSA) is 58.6 Å². The number of carbonyl (C=O) groups is 2.